The number of nitrogens with one attached hydrogen (secondary N) is 2. The van der Waals surface area contributed by atoms with Crippen LogP contribution in [0.25, 0.3) is 5.69 Å². The van der Waals surface area contributed by atoms with Crippen molar-refractivity contribution >= 4 is 17.7 Å². The summed E-state index contributed by atoms with van der Waals surface area (Å²) in [6.45, 7) is 1.64. The van der Waals surface area contributed by atoms with Gasteiger partial charge in [-0.3, -0.25) is 4.98 Å². The largest absolute Gasteiger partial charge is 0.462 e. The Labute approximate surface area is 175 Å². The first-order valence-electron chi connectivity index (χ1n) is 9.17. The molecule has 0 unspecified atom stereocenters. The van der Waals surface area contributed by atoms with Crippen molar-refractivity contribution in [3.05, 3.63) is 71.8 Å². The number of benzene rings is 1. The van der Waals surface area contributed by atoms with Crippen LogP contribution in [-0.4, -0.2) is 33.4 Å². The number of alkyl halides is 3. The van der Waals surface area contributed by atoms with E-state index < -0.39 is 29.4 Å². The molecular formula is C20H18F3N5O3. The van der Waals surface area contributed by atoms with Crippen molar-refractivity contribution < 1.29 is 27.5 Å². The van der Waals surface area contributed by atoms with Crippen LogP contribution in [0.3, 0.4) is 0 Å². The zero-order valence-electron chi connectivity index (χ0n) is 16.3. The number of carbonyl (C=O) groups excluding carboxylic acids is 2. The van der Waals surface area contributed by atoms with Gasteiger partial charge in [-0.1, -0.05) is 6.07 Å². The van der Waals surface area contributed by atoms with E-state index in [-0.39, 0.29) is 18.8 Å². The summed E-state index contributed by atoms with van der Waals surface area (Å²) < 4.78 is 46.0. The number of nitrogens with zero attached hydrogens (tertiary/aromatic N) is 3. The van der Waals surface area contributed by atoms with Crippen LogP contribution in [0.5, 0.6) is 0 Å². The maximum atomic E-state index is 13.6. The highest BCUT2D eigenvalue weighted by Gasteiger charge is 2.41. The molecule has 8 nitrogen and oxygen atoms in total. The van der Waals surface area contributed by atoms with E-state index >= 15 is 0 Å². The number of carbonyl (C=O) groups is 2. The number of hydrogen-bond donors (Lipinski definition) is 2. The first-order chi connectivity index (χ1) is 14.8. The first kappa shape index (κ1) is 21.8. The third-order valence-electron chi connectivity index (χ3n) is 4.06. The molecule has 162 valence electrons. The maximum absolute atomic E-state index is 13.6. The molecule has 0 aliphatic heterocycles. The summed E-state index contributed by atoms with van der Waals surface area (Å²) in [6.07, 6.45) is -2.41. The molecule has 1 aromatic carbocycles. The second-order valence-corrected chi connectivity index (χ2v) is 6.21. The molecule has 0 saturated heterocycles. The summed E-state index contributed by atoms with van der Waals surface area (Å²) in [6, 6.07) is 10.3. The number of esters is 1. The average molecular weight is 433 g/mol. The highest BCUT2D eigenvalue weighted by atomic mass is 19.4. The fraction of sp³-hybridized carbons (Fsp3) is 0.200. The maximum Gasteiger partial charge on any atom is 0.434 e. The van der Waals surface area contributed by atoms with Gasteiger partial charge in [0, 0.05) is 11.9 Å². The van der Waals surface area contributed by atoms with Gasteiger partial charge in [-0.2, -0.15) is 18.3 Å². The molecule has 0 saturated carbocycles. The number of anilines is 1. The molecule has 0 fully saturated rings. The van der Waals surface area contributed by atoms with Crippen LogP contribution in [-0.2, 0) is 17.5 Å². The summed E-state index contributed by atoms with van der Waals surface area (Å²) in [5, 5.41) is 8.89. The van der Waals surface area contributed by atoms with Gasteiger partial charge in [-0.05, 0) is 43.3 Å². The lowest BCUT2D eigenvalue weighted by Crippen LogP contribution is -2.28. The molecule has 3 aromatic rings. The Bertz CT molecular complexity index is 1050. The van der Waals surface area contributed by atoms with E-state index in [1.54, 1.807) is 24.4 Å². The van der Waals surface area contributed by atoms with Crippen molar-refractivity contribution in [2.24, 2.45) is 0 Å². The smallest absolute Gasteiger partial charge is 0.434 e. The van der Waals surface area contributed by atoms with Gasteiger partial charge in [0.15, 0.2) is 5.69 Å². The van der Waals surface area contributed by atoms with Crippen LogP contribution < -0.4 is 10.6 Å². The average Bonchev–Trinajstić information content (AvgIpc) is 3.20. The minimum Gasteiger partial charge on any atom is -0.462 e. The fourth-order valence-electron chi connectivity index (χ4n) is 2.71. The first-order valence-corrected chi connectivity index (χ1v) is 9.17. The third-order valence-corrected chi connectivity index (χ3v) is 4.06. The highest BCUT2D eigenvalue weighted by Crippen LogP contribution is 2.34. The number of halogens is 3. The molecule has 0 aliphatic carbocycles. The third kappa shape index (κ3) is 5.38. The van der Waals surface area contributed by atoms with E-state index in [2.05, 4.69) is 25.5 Å². The van der Waals surface area contributed by atoms with Crippen molar-refractivity contribution in [2.45, 2.75) is 19.6 Å². The van der Waals surface area contributed by atoms with Gasteiger partial charge in [0.05, 0.1) is 30.7 Å². The lowest BCUT2D eigenvalue weighted by molar-refractivity contribution is -0.143. The molecule has 2 aromatic heterocycles. The number of rotatable bonds is 6. The zero-order chi connectivity index (χ0) is 22.4. The Morgan fingerprint density at radius 2 is 1.87 bits per heavy atom. The van der Waals surface area contributed by atoms with E-state index in [0.717, 1.165) is 6.20 Å². The van der Waals surface area contributed by atoms with E-state index in [1.165, 1.54) is 31.2 Å². The SMILES string of the molecule is CCOC(=O)c1cnn(-c2ccc(NC(=O)NCc3ccccn3)cc2)c1C(F)(F)F. The van der Waals surface area contributed by atoms with Gasteiger partial charge in [0.1, 0.15) is 5.56 Å². The number of pyridine rings is 1. The van der Waals surface area contributed by atoms with Crippen molar-refractivity contribution in [3.8, 4) is 5.69 Å². The molecule has 0 spiro atoms. The van der Waals surface area contributed by atoms with E-state index in [0.29, 0.717) is 16.1 Å². The molecule has 0 bridgehead atoms. The molecule has 3 rings (SSSR count). The number of ether oxygens (including phenoxy) is 1. The molecule has 2 N–H and O–H groups in total. The summed E-state index contributed by atoms with van der Waals surface area (Å²) in [7, 11) is 0. The Morgan fingerprint density at radius 1 is 1.13 bits per heavy atom. The lowest BCUT2D eigenvalue weighted by Gasteiger charge is -2.13. The molecule has 31 heavy (non-hydrogen) atoms. The minimum absolute atomic E-state index is 0.0577. The summed E-state index contributed by atoms with van der Waals surface area (Å²) in [5.41, 5.74) is -0.829. The van der Waals surface area contributed by atoms with Crippen LogP contribution in [0.4, 0.5) is 23.7 Å². The molecule has 0 atom stereocenters. The van der Waals surface area contributed by atoms with Gasteiger partial charge < -0.3 is 15.4 Å². The van der Waals surface area contributed by atoms with E-state index in [9.17, 15) is 22.8 Å². The topological polar surface area (TPSA) is 98.1 Å². The fourth-order valence-corrected chi connectivity index (χ4v) is 2.71. The van der Waals surface area contributed by atoms with Gasteiger partial charge in [0.25, 0.3) is 0 Å². The minimum atomic E-state index is -4.83. The Morgan fingerprint density at radius 3 is 2.48 bits per heavy atom. The number of aromatic nitrogens is 3. The Kier molecular flexibility index (Phi) is 6.53. The van der Waals surface area contributed by atoms with Crippen LogP contribution in [0.15, 0.2) is 54.9 Å². The monoisotopic (exact) mass is 433 g/mol. The summed E-state index contributed by atoms with van der Waals surface area (Å²) >= 11 is 0. The molecule has 0 radical (unpaired) electrons. The molecular weight excluding hydrogens is 415 g/mol. The normalized spacial score (nSPS) is 11.1. The Hall–Kier alpha value is -3.89. The summed E-state index contributed by atoms with van der Waals surface area (Å²) in [4.78, 5) is 27.9. The summed E-state index contributed by atoms with van der Waals surface area (Å²) in [5.74, 6) is -1.11. The molecule has 2 amide bonds. The number of hydrogen-bond acceptors (Lipinski definition) is 5. The van der Waals surface area contributed by atoms with Crippen LogP contribution in [0.1, 0.15) is 28.7 Å². The highest BCUT2D eigenvalue weighted by molar-refractivity contribution is 5.91. The van der Waals surface area contributed by atoms with Crippen molar-refractivity contribution in [1.82, 2.24) is 20.1 Å². The van der Waals surface area contributed by atoms with Gasteiger partial charge >= 0.3 is 18.2 Å². The molecule has 11 heteroatoms. The van der Waals surface area contributed by atoms with Crippen molar-refractivity contribution in [3.63, 3.8) is 0 Å². The van der Waals surface area contributed by atoms with Crippen LogP contribution in [0.2, 0.25) is 0 Å². The van der Waals surface area contributed by atoms with Gasteiger partial charge in [0.2, 0.25) is 0 Å². The second-order valence-electron chi connectivity index (χ2n) is 6.21. The number of amides is 2. The quantitative estimate of drug-likeness (QED) is 0.577. The lowest BCUT2D eigenvalue weighted by atomic mass is 10.2. The zero-order valence-corrected chi connectivity index (χ0v) is 16.3. The standard InChI is InChI=1S/C20H18F3N5O3/c1-2-31-18(29)16-12-26-28(17(16)20(21,22)23)15-8-6-13(7-9-15)27-19(30)25-11-14-5-3-4-10-24-14/h3-10,12H,2,11H2,1H3,(H2,25,27,30). The van der Waals surface area contributed by atoms with Crippen molar-refractivity contribution in [2.75, 3.05) is 11.9 Å². The van der Waals surface area contributed by atoms with Crippen LogP contribution >= 0.6 is 0 Å². The predicted molar refractivity (Wildman–Crippen MR) is 105 cm³/mol. The predicted octanol–water partition coefficient (Wildman–Crippen LogP) is 3.78. The Balaban J connectivity index is 1.74. The van der Waals surface area contributed by atoms with Gasteiger partial charge in [-0.15, -0.1) is 0 Å². The van der Waals surface area contributed by atoms with E-state index in [1.807, 2.05) is 0 Å². The molecule has 0 aliphatic rings. The van der Waals surface area contributed by atoms with Crippen LogP contribution in [0, 0.1) is 0 Å². The number of urea groups is 1. The second kappa shape index (κ2) is 9.28. The molecule has 2 heterocycles. The van der Waals surface area contributed by atoms with Crippen molar-refractivity contribution in [1.29, 1.82) is 0 Å². The van der Waals surface area contributed by atoms with E-state index in [4.69, 9.17) is 0 Å². The van der Waals surface area contributed by atoms with Gasteiger partial charge in [-0.25, -0.2) is 14.3 Å².